The molecule has 6 nitrogen and oxygen atoms in total. The minimum atomic E-state index is -0.461. The van der Waals surface area contributed by atoms with Gasteiger partial charge in [-0.1, -0.05) is 30.0 Å². The Labute approximate surface area is 177 Å². The molecule has 0 saturated heterocycles. The van der Waals surface area contributed by atoms with Gasteiger partial charge in [0.15, 0.2) is 11.9 Å². The molecule has 138 valence electrons. The fraction of sp³-hybridized carbons (Fsp3) is 0.167. The van der Waals surface area contributed by atoms with Gasteiger partial charge in [-0.05, 0) is 56.3 Å². The van der Waals surface area contributed by atoms with Crippen molar-refractivity contribution in [1.82, 2.24) is 15.2 Å². The third-order valence-electron chi connectivity index (χ3n) is 4.04. The zero-order valence-corrected chi connectivity index (χ0v) is 18.4. The van der Waals surface area contributed by atoms with Crippen LogP contribution in [0.4, 0.5) is 5.69 Å². The van der Waals surface area contributed by atoms with Crippen molar-refractivity contribution in [2.24, 2.45) is 0 Å². The Morgan fingerprint density at radius 1 is 1.15 bits per heavy atom. The van der Waals surface area contributed by atoms with Gasteiger partial charge in [0.25, 0.3) is 0 Å². The third kappa shape index (κ3) is 3.51. The highest BCUT2D eigenvalue weighted by molar-refractivity contribution is 9.11. The molecule has 1 N–H and O–H groups in total. The van der Waals surface area contributed by atoms with E-state index in [9.17, 15) is 0 Å². The lowest BCUT2D eigenvalue weighted by atomic mass is 10.1. The number of thioether (sulfide) groups is 1. The molecule has 2 heterocycles. The van der Waals surface area contributed by atoms with Crippen molar-refractivity contribution in [3.05, 3.63) is 50.9 Å². The number of methoxy groups -OCH3 is 1. The molecular weight excluding hydrogens is 496 g/mol. The largest absolute Gasteiger partial charge is 0.494 e. The van der Waals surface area contributed by atoms with Gasteiger partial charge in [0.1, 0.15) is 5.75 Å². The van der Waals surface area contributed by atoms with E-state index in [0.717, 1.165) is 31.5 Å². The highest BCUT2D eigenvalue weighted by atomic mass is 79.9. The van der Waals surface area contributed by atoms with E-state index in [1.54, 1.807) is 7.11 Å². The summed E-state index contributed by atoms with van der Waals surface area (Å²) >= 11 is 8.52. The van der Waals surface area contributed by atoms with E-state index in [0.29, 0.717) is 16.7 Å². The maximum Gasteiger partial charge on any atom is 0.247 e. The van der Waals surface area contributed by atoms with Crippen LogP contribution in [0.5, 0.6) is 11.6 Å². The smallest absolute Gasteiger partial charge is 0.247 e. The number of hydrogen-bond acceptors (Lipinski definition) is 7. The number of hydrogen-bond donors (Lipinski definition) is 1. The normalized spacial score (nSPS) is 15.0. The zero-order chi connectivity index (χ0) is 19.0. The summed E-state index contributed by atoms with van der Waals surface area (Å²) in [6.45, 7) is 0. The van der Waals surface area contributed by atoms with Crippen LogP contribution in [0.2, 0.25) is 0 Å². The van der Waals surface area contributed by atoms with Crippen LogP contribution in [-0.4, -0.2) is 28.5 Å². The molecule has 0 radical (unpaired) electrons. The first-order chi connectivity index (χ1) is 13.1. The molecule has 0 spiro atoms. The molecule has 0 unspecified atom stereocenters. The number of benzene rings is 2. The summed E-state index contributed by atoms with van der Waals surface area (Å²) in [5, 5.41) is 12.5. The lowest BCUT2D eigenvalue weighted by molar-refractivity contribution is 0.225. The standard InChI is InChI=1S/C18H14Br2N4O2S/c1-25-15-11(19)7-9(8-12(15)20)16-21-13-6-4-3-5-10(13)14-17(26-16)22-18(27-2)24-23-14/h3-8,16,21H,1-2H3/t16-/m0/s1. The number of fused-ring (bicyclic) bond motifs is 3. The highest BCUT2D eigenvalue weighted by Gasteiger charge is 2.27. The maximum atomic E-state index is 6.23. The Bertz CT molecular complexity index is 995. The molecule has 1 atom stereocenters. The molecule has 4 rings (SSSR count). The van der Waals surface area contributed by atoms with Gasteiger partial charge < -0.3 is 14.8 Å². The summed E-state index contributed by atoms with van der Waals surface area (Å²) in [4.78, 5) is 4.52. The first-order valence-corrected chi connectivity index (χ1v) is 10.8. The first kappa shape index (κ1) is 18.5. The maximum absolute atomic E-state index is 6.23. The van der Waals surface area contributed by atoms with Crippen molar-refractivity contribution in [2.45, 2.75) is 11.4 Å². The van der Waals surface area contributed by atoms with Crippen molar-refractivity contribution in [1.29, 1.82) is 0 Å². The van der Waals surface area contributed by atoms with Crippen LogP contribution in [0, 0.1) is 0 Å². The van der Waals surface area contributed by atoms with Gasteiger partial charge in [0.05, 0.1) is 16.1 Å². The fourth-order valence-electron chi connectivity index (χ4n) is 2.81. The van der Waals surface area contributed by atoms with Gasteiger partial charge in [-0.25, -0.2) is 0 Å². The van der Waals surface area contributed by atoms with E-state index >= 15 is 0 Å². The Morgan fingerprint density at radius 2 is 1.89 bits per heavy atom. The van der Waals surface area contributed by atoms with Crippen LogP contribution in [0.3, 0.4) is 0 Å². The summed E-state index contributed by atoms with van der Waals surface area (Å²) in [5.74, 6) is 1.17. The number of aromatic nitrogens is 3. The fourth-order valence-corrected chi connectivity index (χ4v) is 4.65. The molecule has 27 heavy (non-hydrogen) atoms. The predicted molar refractivity (Wildman–Crippen MR) is 112 cm³/mol. The number of ether oxygens (including phenoxy) is 2. The average Bonchev–Trinajstić information content (AvgIpc) is 2.84. The molecule has 0 amide bonds. The van der Waals surface area contributed by atoms with Crippen molar-refractivity contribution in [3.63, 3.8) is 0 Å². The van der Waals surface area contributed by atoms with E-state index in [1.165, 1.54) is 11.8 Å². The van der Waals surface area contributed by atoms with Crippen molar-refractivity contribution < 1.29 is 9.47 Å². The number of anilines is 1. The molecule has 1 aliphatic rings. The summed E-state index contributed by atoms with van der Waals surface area (Å²) in [7, 11) is 1.63. The highest BCUT2D eigenvalue weighted by Crippen LogP contribution is 2.42. The van der Waals surface area contributed by atoms with Gasteiger partial charge in [0, 0.05) is 16.8 Å². The quantitative estimate of drug-likeness (QED) is 0.480. The van der Waals surface area contributed by atoms with Crippen molar-refractivity contribution >= 4 is 49.3 Å². The molecule has 0 aliphatic carbocycles. The SMILES string of the molecule is COc1c(Br)cc([C@H]2Nc3ccccc3-c3nnc(SC)nc3O2)cc1Br. The van der Waals surface area contributed by atoms with E-state index in [4.69, 9.17) is 9.47 Å². The zero-order valence-electron chi connectivity index (χ0n) is 14.4. The van der Waals surface area contributed by atoms with Crippen LogP contribution >= 0.6 is 43.6 Å². The molecule has 9 heteroatoms. The number of rotatable bonds is 3. The van der Waals surface area contributed by atoms with Crippen LogP contribution in [0.1, 0.15) is 11.8 Å². The average molecular weight is 510 g/mol. The number of nitrogens with zero attached hydrogens (tertiary/aromatic N) is 3. The van der Waals surface area contributed by atoms with Crippen LogP contribution in [0.25, 0.3) is 11.3 Å². The number of halogens is 2. The molecule has 0 fully saturated rings. The molecular formula is C18H14Br2N4O2S. The van der Waals surface area contributed by atoms with Crippen LogP contribution < -0.4 is 14.8 Å². The molecule has 0 saturated carbocycles. The summed E-state index contributed by atoms with van der Waals surface area (Å²) < 4.78 is 13.3. The van der Waals surface area contributed by atoms with E-state index in [-0.39, 0.29) is 0 Å². The summed E-state index contributed by atoms with van der Waals surface area (Å²) in [6.07, 6.45) is 1.44. The molecule has 3 aromatic rings. The van der Waals surface area contributed by atoms with E-state index < -0.39 is 6.23 Å². The Morgan fingerprint density at radius 3 is 2.59 bits per heavy atom. The summed E-state index contributed by atoms with van der Waals surface area (Å²) in [5.41, 5.74) is 3.32. The first-order valence-electron chi connectivity index (χ1n) is 7.95. The van der Waals surface area contributed by atoms with Gasteiger partial charge >= 0.3 is 0 Å². The van der Waals surface area contributed by atoms with Gasteiger partial charge in [-0.2, -0.15) is 4.98 Å². The lowest BCUT2D eigenvalue weighted by Gasteiger charge is -2.20. The lowest BCUT2D eigenvalue weighted by Crippen LogP contribution is -2.17. The predicted octanol–water partition coefficient (Wildman–Crippen LogP) is 5.30. The molecule has 0 bridgehead atoms. The number of nitrogens with one attached hydrogen (secondary N) is 1. The monoisotopic (exact) mass is 508 g/mol. The summed E-state index contributed by atoms with van der Waals surface area (Å²) in [6, 6.07) is 11.8. The molecule has 2 aromatic carbocycles. The van der Waals surface area contributed by atoms with E-state index in [1.807, 2.05) is 42.7 Å². The molecule has 1 aromatic heterocycles. The van der Waals surface area contributed by atoms with Gasteiger partial charge in [-0.15, -0.1) is 10.2 Å². The van der Waals surface area contributed by atoms with Crippen molar-refractivity contribution in [3.8, 4) is 22.9 Å². The number of para-hydroxylation sites is 1. The van der Waals surface area contributed by atoms with E-state index in [2.05, 4.69) is 52.4 Å². The Kier molecular flexibility index (Phi) is 5.25. The minimum Gasteiger partial charge on any atom is -0.494 e. The minimum absolute atomic E-state index is 0.444. The van der Waals surface area contributed by atoms with Crippen LogP contribution in [0.15, 0.2) is 50.5 Å². The molecule has 1 aliphatic heterocycles. The Hall–Kier alpha value is -1.84. The second-order valence-corrected chi connectivity index (χ2v) is 8.14. The second-order valence-electron chi connectivity index (χ2n) is 5.66. The van der Waals surface area contributed by atoms with Crippen LogP contribution in [-0.2, 0) is 0 Å². The third-order valence-corrected chi connectivity index (χ3v) is 5.76. The van der Waals surface area contributed by atoms with Gasteiger partial charge in [-0.3, -0.25) is 0 Å². The van der Waals surface area contributed by atoms with Gasteiger partial charge in [0.2, 0.25) is 11.0 Å². The second kappa shape index (κ2) is 7.65. The topological polar surface area (TPSA) is 69.2 Å². The van der Waals surface area contributed by atoms with Crippen molar-refractivity contribution in [2.75, 3.05) is 18.7 Å². The Balaban J connectivity index is 1.85.